The van der Waals surface area contributed by atoms with Crippen molar-refractivity contribution in [3.63, 3.8) is 0 Å². The number of nitrogens with zero attached hydrogens (tertiary/aromatic N) is 2. The van der Waals surface area contributed by atoms with Crippen molar-refractivity contribution >= 4 is 15.8 Å². The van der Waals surface area contributed by atoms with Gasteiger partial charge in [-0.15, -0.1) is 0 Å². The molecule has 0 radical (unpaired) electrons. The number of carboxylic acid groups (broad SMARTS) is 1. The van der Waals surface area contributed by atoms with Crippen LogP contribution in [0.15, 0.2) is 41.4 Å². The van der Waals surface area contributed by atoms with Crippen LogP contribution in [0.5, 0.6) is 0 Å². The Morgan fingerprint density at radius 2 is 1.94 bits per heavy atom. The van der Waals surface area contributed by atoms with Crippen molar-refractivity contribution < 1.29 is 18.3 Å². The van der Waals surface area contributed by atoms with Gasteiger partial charge in [-0.3, -0.25) is 0 Å². The van der Waals surface area contributed by atoms with Crippen molar-refractivity contribution in [2.45, 2.75) is 4.90 Å². The Hall–Kier alpha value is -2.15. The minimum atomic E-state index is -3.40. The van der Waals surface area contributed by atoms with Crippen molar-refractivity contribution in [1.29, 1.82) is 0 Å². The predicted molar refractivity (Wildman–Crippen MR) is 63.6 cm³/mol. The van der Waals surface area contributed by atoms with Gasteiger partial charge in [0.2, 0.25) is 0 Å². The lowest BCUT2D eigenvalue weighted by molar-refractivity contribution is 0.0690. The van der Waals surface area contributed by atoms with Gasteiger partial charge < -0.3 is 5.11 Å². The first kappa shape index (κ1) is 12.3. The Morgan fingerprint density at radius 1 is 1.28 bits per heavy atom. The molecule has 0 atom stereocenters. The van der Waals surface area contributed by atoms with E-state index in [4.69, 9.17) is 5.11 Å². The second-order valence-electron chi connectivity index (χ2n) is 3.69. The molecule has 0 unspecified atom stereocenters. The molecule has 0 aliphatic carbocycles. The Balaban J connectivity index is 2.61. The van der Waals surface area contributed by atoms with Crippen LogP contribution in [0.3, 0.4) is 0 Å². The van der Waals surface area contributed by atoms with E-state index in [0.29, 0.717) is 5.69 Å². The number of para-hydroxylation sites is 1. The van der Waals surface area contributed by atoms with Gasteiger partial charge in [0.1, 0.15) is 0 Å². The molecule has 1 aromatic carbocycles. The zero-order chi connectivity index (χ0) is 13.3. The minimum absolute atomic E-state index is 0.102. The predicted octanol–water partition coefficient (Wildman–Crippen LogP) is 0.974. The van der Waals surface area contributed by atoms with Crippen LogP contribution in [0.2, 0.25) is 0 Å². The van der Waals surface area contributed by atoms with E-state index in [1.807, 2.05) is 0 Å². The monoisotopic (exact) mass is 266 g/mol. The molecule has 1 aromatic heterocycles. The van der Waals surface area contributed by atoms with Crippen LogP contribution >= 0.6 is 0 Å². The maximum atomic E-state index is 11.6. The third-order valence-electron chi connectivity index (χ3n) is 2.32. The number of benzene rings is 1. The Morgan fingerprint density at radius 3 is 2.50 bits per heavy atom. The lowest BCUT2D eigenvalue weighted by atomic mass is 10.3. The van der Waals surface area contributed by atoms with Gasteiger partial charge in [-0.2, -0.15) is 5.10 Å². The molecule has 0 aliphatic rings. The molecule has 18 heavy (non-hydrogen) atoms. The second kappa shape index (κ2) is 4.26. The molecule has 1 N–H and O–H groups in total. The zero-order valence-corrected chi connectivity index (χ0v) is 10.3. The van der Waals surface area contributed by atoms with E-state index < -0.39 is 15.8 Å². The highest BCUT2D eigenvalue weighted by atomic mass is 32.2. The minimum Gasteiger partial charge on any atom is -0.476 e. The number of aromatic nitrogens is 2. The fourth-order valence-electron chi connectivity index (χ4n) is 1.53. The van der Waals surface area contributed by atoms with E-state index in [2.05, 4.69) is 5.10 Å². The highest BCUT2D eigenvalue weighted by Crippen LogP contribution is 2.19. The first-order valence-corrected chi connectivity index (χ1v) is 6.87. The van der Waals surface area contributed by atoms with E-state index in [1.54, 1.807) is 18.2 Å². The van der Waals surface area contributed by atoms with Crippen molar-refractivity contribution in [1.82, 2.24) is 9.78 Å². The maximum absolute atomic E-state index is 11.6. The molecule has 6 nitrogen and oxygen atoms in total. The summed E-state index contributed by atoms with van der Waals surface area (Å²) < 4.78 is 24.5. The van der Waals surface area contributed by atoms with Gasteiger partial charge in [0, 0.05) is 12.5 Å². The molecular weight excluding hydrogens is 256 g/mol. The van der Waals surface area contributed by atoms with E-state index in [9.17, 15) is 13.2 Å². The molecule has 2 aromatic rings. The third kappa shape index (κ3) is 2.25. The van der Waals surface area contributed by atoms with Gasteiger partial charge in [-0.05, 0) is 18.2 Å². The van der Waals surface area contributed by atoms with E-state index >= 15 is 0 Å². The largest absolute Gasteiger partial charge is 0.476 e. The molecule has 0 bridgehead atoms. The van der Waals surface area contributed by atoms with Crippen molar-refractivity contribution in [2.75, 3.05) is 6.26 Å². The van der Waals surface area contributed by atoms with Gasteiger partial charge in [-0.25, -0.2) is 17.9 Å². The number of hydrogen-bond acceptors (Lipinski definition) is 4. The molecule has 2 rings (SSSR count). The number of aromatic carboxylic acids is 1. The molecule has 1 heterocycles. The standard InChI is InChI=1S/C11H10N2O4S/c1-18(16,17)10-5-3-2-4-9(10)13-7-6-8(12-13)11(14)15/h2-7H,1H3,(H,14,15). The lowest BCUT2D eigenvalue weighted by Gasteiger charge is -2.07. The van der Waals surface area contributed by atoms with Crippen molar-refractivity contribution in [2.24, 2.45) is 0 Å². The van der Waals surface area contributed by atoms with E-state index in [0.717, 1.165) is 6.26 Å². The average Bonchev–Trinajstić information content (AvgIpc) is 2.77. The molecule has 0 aliphatic heterocycles. The SMILES string of the molecule is CS(=O)(=O)c1ccccc1-n1ccc(C(=O)O)n1. The van der Waals surface area contributed by atoms with Crippen LogP contribution in [0.25, 0.3) is 5.69 Å². The Bertz CT molecular complexity index is 703. The summed E-state index contributed by atoms with van der Waals surface area (Å²) in [6, 6.07) is 7.58. The normalized spacial score (nSPS) is 11.4. The Kier molecular flexibility index (Phi) is 2.92. The van der Waals surface area contributed by atoms with Crippen LogP contribution in [0.4, 0.5) is 0 Å². The van der Waals surface area contributed by atoms with Gasteiger partial charge in [0.15, 0.2) is 15.5 Å². The molecule has 94 valence electrons. The number of carbonyl (C=O) groups is 1. The highest BCUT2D eigenvalue weighted by molar-refractivity contribution is 7.90. The second-order valence-corrected chi connectivity index (χ2v) is 5.67. The van der Waals surface area contributed by atoms with Crippen LogP contribution in [-0.4, -0.2) is 35.5 Å². The third-order valence-corrected chi connectivity index (χ3v) is 3.46. The fraction of sp³-hybridized carbons (Fsp3) is 0.0909. The average molecular weight is 266 g/mol. The van der Waals surface area contributed by atoms with Crippen LogP contribution in [0.1, 0.15) is 10.5 Å². The lowest BCUT2D eigenvalue weighted by Crippen LogP contribution is -2.06. The summed E-state index contributed by atoms with van der Waals surface area (Å²) in [7, 11) is -3.40. The van der Waals surface area contributed by atoms with Crippen molar-refractivity contribution in [3.8, 4) is 5.69 Å². The van der Waals surface area contributed by atoms with Crippen LogP contribution < -0.4 is 0 Å². The van der Waals surface area contributed by atoms with Crippen LogP contribution in [-0.2, 0) is 9.84 Å². The van der Waals surface area contributed by atoms with Gasteiger partial charge >= 0.3 is 5.97 Å². The first-order chi connectivity index (χ1) is 8.39. The molecular formula is C11H10N2O4S. The molecule has 7 heteroatoms. The zero-order valence-electron chi connectivity index (χ0n) is 9.44. The van der Waals surface area contributed by atoms with Gasteiger partial charge in [0.05, 0.1) is 10.6 Å². The van der Waals surface area contributed by atoms with Gasteiger partial charge in [-0.1, -0.05) is 12.1 Å². The summed E-state index contributed by atoms with van der Waals surface area (Å²) in [5.74, 6) is -1.16. The molecule has 0 amide bonds. The van der Waals surface area contributed by atoms with Crippen molar-refractivity contribution in [3.05, 3.63) is 42.2 Å². The summed E-state index contributed by atoms with van der Waals surface area (Å²) in [6.07, 6.45) is 2.50. The molecule has 0 fully saturated rings. The summed E-state index contributed by atoms with van der Waals surface area (Å²) in [5.41, 5.74) is 0.186. The highest BCUT2D eigenvalue weighted by Gasteiger charge is 2.15. The first-order valence-electron chi connectivity index (χ1n) is 4.98. The summed E-state index contributed by atoms with van der Waals surface area (Å²) in [4.78, 5) is 10.8. The Labute approximate surface area is 103 Å². The molecule has 0 saturated heterocycles. The maximum Gasteiger partial charge on any atom is 0.356 e. The number of hydrogen-bond donors (Lipinski definition) is 1. The summed E-state index contributed by atoms with van der Waals surface area (Å²) in [6.45, 7) is 0. The number of rotatable bonds is 3. The number of sulfone groups is 1. The van der Waals surface area contributed by atoms with E-state index in [1.165, 1.54) is 23.0 Å². The molecule has 0 saturated carbocycles. The quantitative estimate of drug-likeness (QED) is 0.894. The van der Waals surface area contributed by atoms with E-state index in [-0.39, 0.29) is 10.6 Å². The smallest absolute Gasteiger partial charge is 0.356 e. The summed E-state index contributed by atoms with van der Waals surface area (Å²) in [5, 5.41) is 12.6. The number of carboxylic acids is 1. The van der Waals surface area contributed by atoms with Crippen LogP contribution in [0, 0.1) is 0 Å². The molecule has 0 spiro atoms. The fourth-order valence-corrected chi connectivity index (χ4v) is 2.40. The summed E-state index contributed by atoms with van der Waals surface area (Å²) >= 11 is 0. The van der Waals surface area contributed by atoms with Gasteiger partial charge in [0.25, 0.3) is 0 Å². The topological polar surface area (TPSA) is 89.3 Å².